The van der Waals surface area contributed by atoms with Gasteiger partial charge in [-0.3, -0.25) is 10.1 Å². The molecule has 0 amide bonds. The lowest BCUT2D eigenvalue weighted by atomic mass is 10.2. The van der Waals surface area contributed by atoms with Crippen molar-refractivity contribution in [2.75, 3.05) is 20.2 Å². The van der Waals surface area contributed by atoms with Crippen LogP contribution in [0.2, 0.25) is 5.02 Å². The summed E-state index contributed by atoms with van der Waals surface area (Å²) < 4.78 is 37.1. The largest absolute Gasteiger partial charge is 0.496 e. The van der Waals surface area contributed by atoms with E-state index in [0.29, 0.717) is 11.3 Å². The summed E-state index contributed by atoms with van der Waals surface area (Å²) in [5.41, 5.74) is 0.0977. The number of esters is 1. The molecule has 0 fully saturated rings. The van der Waals surface area contributed by atoms with Gasteiger partial charge in [0.05, 0.1) is 22.6 Å². The molecular formula is C19H21ClN2O7S. The number of hydrogen-bond donors (Lipinski definition) is 0. The highest BCUT2D eigenvalue weighted by atomic mass is 35.5. The highest BCUT2D eigenvalue weighted by Crippen LogP contribution is 2.27. The van der Waals surface area contributed by atoms with Crippen LogP contribution in [0.1, 0.15) is 29.8 Å². The Balaban J connectivity index is 2.29. The zero-order valence-electron chi connectivity index (χ0n) is 16.6. The van der Waals surface area contributed by atoms with Gasteiger partial charge in [-0.25, -0.2) is 13.2 Å². The number of hydrogen-bond acceptors (Lipinski definition) is 7. The Kier molecular flexibility index (Phi) is 7.77. The maximum absolute atomic E-state index is 12.8. The highest BCUT2D eigenvalue weighted by molar-refractivity contribution is 7.89. The van der Waals surface area contributed by atoms with Crippen molar-refractivity contribution >= 4 is 33.3 Å². The fraction of sp³-hybridized carbons (Fsp3) is 0.316. The fourth-order valence-corrected chi connectivity index (χ4v) is 4.71. The summed E-state index contributed by atoms with van der Waals surface area (Å²) in [6.07, 6.45) is 0. The standard InChI is InChI=1S/C19H21ClN2O7S/c1-4-21(5-2)30(26,27)18-11-13(6-8-16(18)20)19(23)29-12-14-10-15(22(24)25)7-9-17(14)28-3/h6-11H,4-5,12H2,1-3H3. The molecule has 0 unspecified atom stereocenters. The van der Waals surface area contributed by atoms with E-state index in [4.69, 9.17) is 21.1 Å². The number of ether oxygens (including phenoxy) is 2. The molecule has 0 aliphatic rings. The third kappa shape index (κ3) is 5.07. The number of rotatable bonds is 9. The number of halogens is 1. The zero-order valence-corrected chi connectivity index (χ0v) is 18.2. The third-order valence-corrected chi connectivity index (χ3v) is 6.86. The Hall–Kier alpha value is -2.69. The second kappa shape index (κ2) is 9.88. The van der Waals surface area contributed by atoms with E-state index < -0.39 is 20.9 Å². The molecule has 2 aromatic rings. The Labute approximate surface area is 179 Å². The van der Waals surface area contributed by atoms with Crippen LogP contribution < -0.4 is 4.74 Å². The van der Waals surface area contributed by atoms with E-state index in [0.717, 1.165) is 6.07 Å². The molecule has 30 heavy (non-hydrogen) atoms. The highest BCUT2D eigenvalue weighted by Gasteiger charge is 2.26. The molecule has 0 bridgehead atoms. The van der Waals surface area contributed by atoms with Crippen LogP contribution >= 0.6 is 11.6 Å². The van der Waals surface area contributed by atoms with Crippen LogP contribution in [-0.4, -0.2) is 43.8 Å². The number of methoxy groups -OCH3 is 1. The van der Waals surface area contributed by atoms with Gasteiger partial charge in [0.25, 0.3) is 5.69 Å². The van der Waals surface area contributed by atoms with Gasteiger partial charge in [0.1, 0.15) is 17.3 Å². The third-order valence-electron chi connectivity index (χ3n) is 4.32. The Morgan fingerprint density at radius 3 is 2.40 bits per heavy atom. The number of nitro benzene ring substituents is 1. The normalized spacial score (nSPS) is 11.4. The van der Waals surface area contributed by atoms with E-state index in [2.05, 4.69) is 0 Å². The van der Waals surface area contributed by atoms with Crippen LogP contribution in [0, 0.1) is 10.1 Å². The van der Waals surface area contributed by atoms with Gasteiger partial charge >= 0.3 is 5.97 Å². The Bertz CT molecular complexity index is 1050. The summed E-state index contributed by atoms with van der Waals surface area (Å²) in [4.78, 5) is 22.7. The smallest absolute Gasteiger partial charge is 0.338 e. The van der Waals surface area contributed by atoms with Crippen molar-refractivity contribution in [2.24, 2.45) is 0 Å². The predicted molar refractivity (Wildman–Crippen MR) is 110 cm³/mol. The first-order valence-corrected chi connectivity index (χ1v) is 10.8. The molecule has 0 aliphatic carbocycles. The van der Waals surface area contributed by atoms with Gasteiger partial charge in [-0.15, -0.1) is 0 Å². The van der Waals surface area contributed by atoms with Gasteiger partial charge in [-0.05, 0) is 24.3 Å². The van der Waals surface area contributed by atoms with Crippen LogP contribution in [0.3, 0.4) is 0 Å². The van der Waals surface area contributed by atoms with Crippen molar-refractivity contribution < 1.29 is 27.6 Å². The fourth-order valence-electron chi connectivity index (χ4n) is 2.75. The van der Waals surface area contributed by atoms with Crippen molar-refractivity contribution in [3.63, 3.8) is 0 Å². The molecule has 0 aliphatic heterocycles. The molecule has 2 rings (SSSR count). The Morgan fingerprint density at radius 1 is 1.17 bits per heavy atom. The number of sulfonamides is 1. The van der Waals surface area contributed by atoms with Gasteiger partial charge in [0, 0.05) is 30.8 Å². The minimum atomic E-state index is -3.88. The summed E-state index contributed by atoms with van der Waals surface area (Å²) in [5.74, 6) is -0.495. The van der Waals surface area contributed by atoms with Crippen LogP contribution in [-0.2, 0) is 21.4 Å². The van der Waals surface area contributed by atoms with Crippen LogP contribution in [0.15, 0.2) is 41.3 Å². The second-order valence-electron chi connectivity index (χ2n) is 6.06. The van der Waals surface area contributed by atoms with E-state index in [1.165, 1.54) is 41.7 Å². The lowest BCUT2D eigenvalue weighted by Gasteiger charge is -2.19. The van der Waals surface area contributed by atoms with Gasteiger partial charge < -0.3 is 9.47 Å². The summed E-state index contributed by atoms with van der Waals surface area (Å²) in [6.45, 7) is 3.58. The second-order valence-corrected chi connectivity index (χ2v) is 8.38. The summed E-state index contributed by atoms with van der Waals surface area (Å²) in [6, 6.07) is 7.72. The average Bonchev–Trinajstić information content (AvgIpc) is 2.72. The van der Waals surface area contributed by atoms with Crippen molar-refractivity contribution in [3.8, 4) is 5.75 Å². The molecule has 0 N–H and O–H groups in total. The molecule has 11 heteroatoms. The molecule has 0 saturated heterocycles. The molecule has 9 nitrogen and oxygen atoms in total. The number of benzene rings is 2. The first-order valence-electron chi connectivity index (χ1n) is 8.93. The van der Waals surface area contributed by atoms with Crippen LogP contribution in [0.5, 0.6) is 5.75 Å². The molecular weight excluding hydrogens is 436 g/mol. The SMILES string of the molecule is CCN(CC)S(=O)(=O)c1cc(C(=O)OCc2cc([N+](=O)[O-])ccc2OC)ccc1Cl. The van der Waals surface area contributed by atoms with Gasteiger partial charge in [0.2, 0.25) is 10.0 Å². The summed E-state index contributed by atoms with van der Waals surface area (Å²) in [7, 11) is -2.50. The van der Waals surface area contributed by atoms with E-state index in [1.54, 1.807) is 13.8 Å². The van der Waals surface area contributed by atoms with Crippen LogP contribution in [0.25, 0.3) is 0 Å². The Morgan fingerprint density at radius 2 is 1.83 bits per heavy atom. The number of nitro groups is 1. The molecule has 0 heterocycles. The minimum Gasteiger partial charge on any atom is -0.496 e. The van der Waals surface area contributed by atoms with Gasteiger partial charge in [-0.2, -0.15) is 4.31 Å². The lowest BCUT2D eigenvalue weighted by Crippen LogP contribution is -2.31. The molecule has 0 spiro atoms. The number of carbonyl (C=O) groups is 1. The maximum Gasteiger partial charge on any atom is 0.338 e. The predicted octanol–water partition coefficient (Wildman–Crippen LogP) is 3.64. The number of nitrogens with zero attached hydrogens (tertiary/aromatic N) is 2. The minimum absolute atomic E-state index is 0.0150. The van der Waals surface area contributed by atoms with E-state index in [9.17, 15) is 23.3 Å². The molecule has 162 valence electrons. The molecule has 0 radical (unpaired) electrons. The molecule has 0 aromatic heterocycles. The zero-order chi connectivity index (χ0) is 22.5. The first kappa shape index (κ1) is 23.6. The average molecular weight is 457 g/mol. The quantitative estimate of drug-likeness (QED) is 0.321. The first-order chi connectivity index (χ1) is 14.1. The summed E-state index contributed by atoms with van der Waals surface area (Å²) in [5, 5.41) is 10.9. The van der Waals surface area contributed by atoms with Crippen LogP contribution in [0.4, 0.5) is 5.69 Å². The van der Waals surface area contributed by atoms with E-state index >= 15 is 0 Å². The molecule has 0 saturated carbocycles. The van der Waals surface area contributed by atoms with Crippen molar-refractivity contribution in [2.45, 2.75) is 25.3 Å². The van der Waals surface area contributed by atoms with Crippen molar-refractivity contribution in [1.29, 1.82) is 0 Å². The van der Waals surface area contributed by atoms with Gasteiger partial charge in [0.15, 0.2) is 0 Å². The number of carbonyl (C=O) groups excluding carboxylic acids is 1. The van der Waals surface area contributed by atoms with Crippen molar-refractivity contribution in [3.05, 3.63) is 62.7 Å². The lowest BCUT2D eigenvalue weighted by molar-refractivity contribution is -0.385. The van der Waals surface area contributed by atoms with Crippen molar-refractivity contribution in [1.82, 2.24) is 4.31 Å². The van der Waals surface area contributed by atoms with E-state index in [1.807, 2.05) is 0 Å². The molecule has 2 aromatic carbocycles. The van der Waals surface area contributed by atoms with Gasteiger partial charge in [-0.1, -0.05) is 25.4 Å². The topological polar surface area (TPSA) is 116 Å². The van der Waals surface area contributed by atoms with E-state index in [-0.39, 0.29) is 40.9 Å². The monoisotopic (exact) mass is 456 g/mol. The number of non-ortho nitro benzene ring substituents is 1. The maximum atomic E-state index is 12.8. The molecule has 0 atom stereocenters. The summed E-state index contributed by atoms with van der Waals surface area (Å²) >= 11 is 6.06.